The molecule has 1 aliphatic carbocycles. The molecule has 156 valence electrons. The molecule has 4 rings (SSSR count). The van der Waals surface area contributed by atoms with Crippen LogP contribution in [0.4, 0.5) is 14.6 Å². The highest BCUT2D eigenvalue weighted by molar-refractivity contribution is 7.15. The zero-order valence-corrected chi connectivity index (χ0v) is 17.0. The van der Waals surface area contributed by atoms with Gasteiger partial charge < -0.3 is 10.6 Å². The number of carbonyl (C=O) groups excluding carboxylic acids is 1. The van der Waals surface area contributed by atoms with Gasteiger partial charge in [0.05, 0.1) is 12.2 Å². The molecule has 1 amide bonds. The summed E-state index contributed by atoms with van der Waals surface area (Å²) in [4.78, 5) is 20.4. The number of nitrogens with one attached hydrogen (secondary N) is 2. The van der Waals surface area contributed by atoms with Gasteiger partial charge in [-0.2, -0.15) is 0 Å². The van der Waals surface area contributed by atoms with Gasteiger partial charge in [0.15, 0.2) is 0 Å². The van der Waals surface area contributed by atoms with E-state index in [1.807, 2.05) is 0 Å². The molecule has 0 bridgehead atoms. The molecular formula is C20H20F2N6OS. The molecule has 1 aliphatic rings. The lowest BCUT2D eigenvalue weighted by molar-refractivity contribution is -0.119. The number of halogens is 2. The number of hydrogen-bond donors (Lipinski definition) is 2. The lowest BCUT2D eigenvalue weighted by Crippen LogP contribution is -2.49. The van der Waals surface area contributed by atoms with Crippen LogP contribution in [0.3, 0.4) is 0 Å². The largest absolute Gasteiger partial charge is 0.368 e. The fourth-order valence-corrected chi connectivity index (χ4v) is 4.32. The number of alkyl halides is 1. The maximum atomic E-state index is 14.2. The van der Waals surface area contributed by atoms with E-state index in [9.17, 15) is 13.6 Å². The normalized spacial score (nSPS) is 20.4. The topological polar surface area (TPSA) is 92.7 Å². The van der Waals surface area contributed by atoms with Gasteiger partial charge in [-0.15, -0.1) is 21.5 Å². The molecule has 3 aromatic heterocycles. The molecule has 10 heteroatoms. The Kier molecular flexibility index (Phi) is 5.67. The molecule has 0 aromatic carbocycles. The minimum Gasteiger partial charge on any atom is -0.368 e. The first-order valence-corrected chi connectivity index (χ1v) is 10.3. The number of pyridine rings is 1. The van der Waals surface area contributed by atoms with Crippen molar-refractivity contribution in [3.63, 3.8) is 0 Å². The predicted octanol–water partition coefficient (Wildman–Crippen LogP) is 3.25. The molecule has 0 unspecified atom stereocenters. The number of thiazole rings is 1. The lowest BCUT2D eigenvalue weighted by Gasteiger charge is -2.43. The highest BCUT2D eigenvalue weighted by atomic mass is 32.1. The molecule has 0 aliphatic heterocycles. The number of rotatable bonds is 7. The van der Waals surface area contributed by atoms with Crippen molar-refractivity contribution in [2.45, 2.75) is 37.9 Å². The lowest BCUT2D eigenvalue weighted by atomic mass is 9.65. The van der Waals surface area contributed by atoms with E-state index in [-0.39, 0.29) is 24.4 Å². The minimum absolute atomic E-state index is 0.103. The van der Waals surface area contributed by atoms with Gasteiger partial charge >= 0.3 is 0 Å². The van der Waals surface area contributed by atoms with Gasteiger partial charge in [0, 0.05) is 36.2 Å². The Morgan fingerprint density at radius 2 is 2.10 bits per heavy atom. The van der Waals surface area contributed by atoms with Crippen LogP contribution in [0.15, 0.2) is 36.7 Å². The Bertz CT molecular complexity index is 1040. The van der Waals surface area contributed by atoms with Crippen molar-refractivity contribution >= 4 is 23.1 Å². The van der Waals surface area contributed by atoms with Crippen LogP contribution < -0.4 is 10.6 Å². The standard InChI is InChI=1S/C20H20F2N6OS/c1-12(29)24-9-14-10-25-19(30-14)16-4-5-17(28-27-16)26-11-20(7-13(21)8-20)18-15(22)3-2-6-23-18/h2-6,10,13H,7-9,11H2,1H3,(H,24,29)(H,26,28). The Morgan fingerprint density at radius 3 is 2.77 bits per heavy atom. The molecule has 3 aromatic rings. The minimum atomic E-state index is -0.960. The summed E-state index contributed by atoms with van der Waals surface area (Å²) in [6.45, 7) is 2.19. The second-order valence-corrected chi connectivity index (χ2v) is 8.43. The highest BCUT2D eigenvalue weighted by Crippen LogP contribution is 2.45. The van der Waals surface area contributed by atoms with E-state index >= 15 is 0 Å². The second kappa shape index (κ2) is 8.39. The smallest absolute Gasteiger partial charge is 0.217 e. The predicted molar refractivity (Wildman–Crippen MR) is 109 cm³/mol. The summed E-state index contributed by atoms with van der Waals surface area (Å²) in [5.41, 5.74) is 0.196. The first-order valence-electron chi connectivity index (χ1n) is 9.47. The van der Waals surface area contributed by atoms with Crippen LogP contribution in [-0.4, -0.2) is 38.8 Å². The van der Waals surface area contributed by atoms with Crippen LogP contribution in [0.5, 0.6) is 0 Å². The zero-order chi connectivity index (χ0) is 21.1. The quantitative estimate of drug-likeness (QED) is 0.598. The fourth-order valence-electron chi connectivity index (χ4n) is 3.51. The molecule has 0 atom stereocenters. The summed E-state index contributed by atoms with van der Waals surface area (Å²) >= 11 is 1.42. The summed E-state index contributed by atoms with van der Waals surface area (Å²) in [5, 5.41) is 14.9. The fraction of sp³-hybridized carbons (Fsp3) is 0.350. The molecule has 0 spiro atoms. The maximum Gasteiger partial charge on any atom is 0.217 e. The van der Waals surface area contributed by atoms with Crippen LogP contribution in [0.25, 0.3) is 10.7 Å². The Labute approximate surface area is 176 Å². The van der Waals surface area contributed by atoms with Crippen molar-refractivity contribution in [1.82, 2.24) is 25.5 Å². The molecule has 7 nitrogen and oxygen atoms in total. The van der Waals surface area contributed by atoms with Gasteiger partial charge in [-0.1, -0.05) is 0 Å². The third-order valence-corrected chi connectivity index (χ3v) is 6.06. The van der Waals surface area contributed by atoms with Crippen molar-refractivity contribution in [2.75, 3.05) is 11.9 Å². The van der Waals surface area contributed by atoms with Gasteiger partial charge in [0.25, 0.3) is 0 Å². The molecule has 2 N–H and O–H groups in total. The molecule has 0 radical (unpaired) electrons. The third-order valence-electron chi connectivity index (χ3n) is 5.04. The highest BCUT2D eigenvalue weighted by Gasteiger charge is 2.48. The van der Waals surface area contributed by atoms with Gasteiger partial charge in [0.2, 0.25) is 5.91 Å². The van der Waals surface area contributed by atoms with Crippen molar-refractivity contribution in [3.8, 4) is 10.7 Å². The van der Waals surface area contributed by atoms with Crippen molar-refractivity contribution in [1.29, 1.82) is 0 Å². The maximum absolute atomic E-state index is 14.2. The number of nitrogens with zero attached hydrogens (tertiary/aromatic N) is 4. The monoisotopic (exact) mass is 430 g/mol. The van der Waals surface area contributed by atoms with E-state index in [0.29, 0.717) is 29.6 Å². The summed E-state index contributed by atoms with van der Waals surface area (Å²) in [6.07, 6.45) is 2.69. The number of hydrogen-bond acceptors (Lipinski definition) is 7. The second-order valence-electron chi connectivity index (χ2n) is 7.32. The van der Waals surface area contributed by atoms with Gasteiger partial charge in [-0.3, -0.25) is 9.78 Å². The molecular weight excluding hydrogens is 410 g/mol. The molecule has 1 saturated carbocycles. The molecule has 3 heterocycles. The van der Waals surface area contributed by atoms with Gasteiger partial charge in [-0.25, -0.2) is 13.8 Å². The molecule has 1 fully saturated rings. The van der Waals surface area contributed by atoms with E-state index < -0.39 is 17.4 Å². The van der Waals surface area contributed by atoms with Gasteiger partial charge in [-0.05, 0) is 37.1 Å². The summed E-state index contributed by atoms with van der Waals surface area (Å²) < 4.78 is 27.9. The van der Waals surface area contributed by atoms with Crippen LogP contribution in [0, 0.1) is 5.82 Å². The van der Waals surface area contributed by atoms with E-state index in [1.54, 1.807) is 18.3 Å². The van der Waals surface area contributed by atoms with Gasteiger partial charge in [0.1, 0.15) is 28.5 Å². The summed E-state index contributed by atoms with van der Waals surface area (Å²) in [7, 11) is 0. The van der Waals surface area contributed by atoms with Crippen molar-refractivity contribution in [3.05, 3.63) is 53.0 Å². The first-order chi connectivity index (χ1) is 14.4. The van der Waals surface area contributed by atoms with E-state index in [4.69, 9.17) is 0 Å². The summed E-state index contributed by atoms with van der Waals surface area (Å²) in [6, 6.07) is 6.41. The van der Waals surface area contributed by atoms with E-state index in [1.165, 1.54) is 36.6 Å². The van der Waals surface area contributed by atoms with Crippen molar-refractivity contribution in [2.24, 2.45) is 0 Å². The number of carbonyl (C=O) groups is 1. The number of anilines is 1. The van der Waals surface area contributed by atoms with E-state index in [0.717, 1.165) is 4.88 Å². The summed E-state index contributed by atoms with van der Waals surface area (Å²) in [5.74, 6) is -0.0210. The Balaban J connectivity index is 1.42. The molecule has 30 heavy (non-hydrogen) atoms. The zero-order valence-electron chi connectivity index (χ0n) is 16.2. The van der Waals surface area contributed by atoms with Crippen LogP contribution in [0.1, 0.15) is 30.3 Å². The first kappa shape index (κ1) is 20.3. The van der Waals surface area contributed by atoms with E-state index in [2.05, 4.69) is 30.8 Å². The van der Waals surface area contributed by atoms with Crippen molar-refractivity contribution < 1.29 is 13.6 Å². The Morgan fingerprint density at radius 1 is 1.27 bits per heavy atom. The van der Waals surface area contributed by atoms with Crippen LogP contribution in [-0.2, 0) is 16.8 Å². The van der Waals surface area contributed by atoms with Crippen LogP contribution in [0.2, 0.25) is 0 Å². The average molecular weight is 430 g/mol. The Hall–Kier alpha value is -3.01. The van der Waals surface area contributed by atoms with Crippen LogP contribution >= 0.6 is 11.3 Å². The number of amides is 1. The average Bonchev–Trinajstić information content (AvgIpc) is 3.19. The molecule has 0 saturated heterocycles. The number of aromatic nitrogens is 4. The third kappa shape index (κ3) is 4.28. The SMILES string of the molecule is CC(=O)NCc1cnc(-c2ccc(NCC3(c4ncccc4F)CC(F)C3)nn2)s1.